The Morgan fingerprint density at radius 2 is 2.35 bits per heavy atom. The molecular weight excluding hydrogens is 314 g/mol. The maximum atomic E-state index is 12.5. The van der Waals surface area contributed by atoms with E-state index in [1.54, 1.807) is 6.20 Å². The third-order valence-corrected chi connectivity index (χ3v) is 4.61. The molecule has 3 aromatic rings. The highest BCUT2D eigenvalue weighted by Gasteiger charge is 2.28. The quantitative estimate of drug-likeness (QED) is 0.735. The van der Waals surface area contributed by atoms with Crippen molar-refractivity contribution < 1.29 is 14.1 Å². The summed E-state index contributed by atoms with van der Waals surface area (Å²) < 4.78 is 11.0. The zero-order chi connectivity index (χ0) is 15.6. The lowest BCUT2D eigenvalue weighted by Gasteiger charge is -2.15. The van der Waals surface area contributed by atoms with Gasteiger partial charge >= 0.3 is 0 Å². The van der Waals surface area contributed by atoms with Gasteiger partial charge in [0.15, 0.2) is 5.58 Å². The molecule has 3 heterocycles. The van der Waals surface area contributed by atoms with Gasteiger partial charge in [0.2, 0.25) is 5.91 Å². The maximum absolute atomic E-state index is 12.5. The molecule has 1 fully saturated rings. The lowest BCUT2D eigenvalue weighted by molar-refractivity contribution is -0.129. The van der Waals surface area contributed by atoms with E-state index < -0.39 is 0 Å². The molecule has 0 spiro atoms. The minimum atomic E-state index is 0.0131. The van der Waals surface area contributed by atoms with Crippen LogP contribution in [0.2, 0.25) is 0 Å². The Labute approximate surface area is 136 Å². The highest BCUT2D eigenvalue weighted by molar-refractivity contribution is 7.11. The Kier molecular flexibility index (Phi) is 3.70. The van der Waals surface area contributed by atoms with Gasteiger partial charge in [-0.15, -0.1) is 0 Å². The molecule has 1 aromatic carbocycles. The van der Waals surface area contributed by atoms with E-state index >= 15 is 0 Å². The molecule has 1 amide bonds. The first kappa shape index (κ1) is 14.2. The smallest absolute Gasteiger partial charge is 0.273 e. The van der Waals surface area contributed by atoms with Crippen molar-refractivity contribution in [2.75, 3.05) is 13.1 Å². The number of nitrogens with zero attached hydrogens (tertiary/aromatic N) is 3. The molecule has 4 rings (SSSR count). The highest BCUT2D eigenvalue weighted by Crippen LogP contribution is 2.22. The zero-order valence-electron chi connectivity index (χ0n) is 12.3. The van der Waals surface area contributed by atoms with Crippen molar-refractivity contribution >= 4 is 28.2 Å². The number of hydrogen-bond acceptors (Lipinski definition) is 6. The minimum Gasteiger partial charge on any atom is -0.465 e. The predicted octanol–water partition coefficient (Wildman–Crippen LogP) is 2.51. The van der Waals surface area contributed by atoms with E-state index in [-0.39, 0.29) is 18.4 Å². The second-order valence-electron chi connectivity index (χ2n) is 5.47. The van der Waals surface area contributed by atoms with Crippen LogP contribution in [0.4, 0.5) is 0 Å². The summed E-state index contributed by atoms with van der Waals surface area (Å²) in [6, 6.07) is 7.58. The first-order valence-corrected chi connectivity index (χ1v) is 8.35. The summed E-state index contributed by atoms with van der Waals surface area (Å²) in [7, 11) is 0. The summed E-state index contributed by atoms with van der Waals surface area (Å²) in [6.07, 6.45) is 2.80. The molecule has 23 heavy (non-hydrogen) atoms. The van der Waals surface area contributed by atoms with Crippen molar-refractivity contribution in [1.82, 2.24) is 15.0 Å². The Bertz CT molecular complexity index is 815. The molecule has 1 unspecified atom stereocenters. The van der Waals surface area contributed by atoms with Crippen molar-refractivity contribution in [2.24, 2.45) is 0 Å². The van der Waals surface area contributed by atoms with Crippen molar-refractivity contribution in [3.05, 3.63) is 41.5 Å². The molecule has 7 heteroatoms. The number of fused-ring (bicyclic) bond motifs is 1. The largest absolute Gasteiger partial charge is 0.465 e. The Balaban J connectivity index is 1.40. The number of aromatic nitrogens is 2. The predicted molar refractivity (Wildman–Crippen MR) is 85.4 cm³/mol. The van der Waals surface area contributed by atoms with Gasteiger partial charge in [0, 0.05) is 29.9 Å². The summed E-state index contributed by atoms with van der Waals surface area (Å²) in [6.45, 7) is 1.29. The van der Waals surface area contributed by atoms with Crippen LogP contribution < -0.4 is 4.74 Å². The molecule has 1 aliphatic rings. The van der Waals surface area contributed by atoms with Gasteiger partial charge in [0.1, 0.15) is 11.8 Å². The number of benzene rings is 1. The van der Waals surface area contributed by atoms with Crippen LogP contribution in [0.3, 0.4) is 0 Å². The Hall–Kier alpha value is -2.41. The fraction of sp³-hybridized carbons (Fsp3) is 0.312. The average Bonchev–Trinajstić information content (AvgIpc) is 3.29. The fourth-order valence-corrected chi connectivity index (χ4v) is 3.33. The third kappa shape index (κ3) is 2.92. The molecule has 1 atom stereocenters. The normalized spacial score (nSPS) is 17.7. The molecule has 1 aliphatic heterocycles. The number of likely N-dealkylation sites (tertiary alicyclic amines) is 1. The van der Waals surface area contributed by atoms with Gasteiger partial charge < -0.3 is 14.2 Å². The van der Waals surface area contributed by atoms with Crippen LogP contribution in [0.25, 0.3) is 11.0 Å². The number of hydrogen-bond donors (Lipinski definition) is 0. The van der Waals surface area contributed by atoms with Crippen LogP contribution in [0.1, 0.15) is 12.1 Å². The lowest BCUT2D eigenvalue weighted by atomic mass is 10.1. The second kappa shape index (κ2) is 6.00. The van der Waals surface area contributed by atoms with Crippen LogP contribution in [0.15, 0.2) is 40.4 Å². The Morgan fingerprint density at radius 1 is 1.43 bits per heavy atom. The summed E-state index contributed by atoms with van der Waals surface area (Å²) in [5.41, 5.74) is 1.40. The van der Waals surface area contributed by atoms with Gasteiger partial charge in [-0.3, -0.25) is 4.79 Å². The molecule has 6 nitrogen and oxygen atoms in total. The van der Waals surface area contributed by atoms with E-state index in [2.05, 4.69) is 10.1 Å². The van der Waals surface area contributed by atoms with Crippen molar-refractivity contribution in [3.63, 3.8) is 0 Å². The van der Waals surface area contributed by atoms with E-state index in [0.717, 1.165) is 11.8 Å². The van der Waals surface area contributed by atoms with E-state index in [9.17, 15) is 4.79 Å². The minimum absolute atomic E-state index is 0.0131. The number of para-hydroxylation sites is 1. The second-order valence-corrected chi connectivity index (χ2v) is 6.33. The van der Waals surface area contributed by atoms with Gasteiger partial charge in [0.25, 0.3) is 5.19 Å². The molecule has 2 aromatic heterocycles. The van der Waals surface area contributed by atoms with E-state index in [4.69, 9.17) is 9.26 Å². The number of carbonyl (C=O) groups excluding carboxylic acids is 1. The lowest BCUT2D eigenvalue weighted by Crippen LogP contribution is -2.32. The number of carbonyl (C=O) groups is 1. The SMILES string of the molecule is O=C(Cc1noc2ccccc12)N1CCC(Oc2nccs2)C1. The van der Waals surface area contributed by atoms with Crippen LogP contribution in [0, 0.1) is 0 Å². The molecular formula is C16H15N3O3S. The van der Waals surface area contributed by atoms with Crippen molar-refractivity contribution in [2.45, 2.75) is 18.9 Å². The standard InChI is InChI=1S/C16H15N3O3S/c20-15(9-13-12-3-1-2-4-14(12)22-18-13)19-7-5-11(10-19)21-16-17-6-8-23-16/h1-4,6,8,11H,5,7,9-10H2. The van der Waals surface area contributed by atoms with Crippen LogP contribution in [-0.4, -0.2) is 40.1 Å². The van der Waals surface area contributed by atoms with Crippen LogP contribution >= 0.6 is 11.3 Å². The molecule has 118 valence electrons. The van der Waals surface area contributed by atoms with Crippen molar-refractivity contribution in [3.8, 4) is 5.19 Å². The summed E-state index contributed by atoms with van der Waals surface area (Å²) in [5.74, 6) is 0.0503. The van der Waals surface area contributed by atoms with Gasteiger partial charge in [-0.2, -0.15) is 0 Å². The molecule has 0 N–H and O–H groups in total. The summed E-state index contributed by atoms with van der Waals surface area (Å²) >= 11 is 1.47. The molecule has 0 saturated carbocycles. The van der Waals surface area contributed by atoms with Gasteiger partial charge in [-0.05, 0) is 12.1 Å². The summed E-state index contributed by atoms with van der Waals surface area (Å²) in [5, 5.41) is 7.46. The summed E-state index contributed by atoms with van der Waals surface area (Å²) in [4.78, 5) is 18.4. The van der Waals surface area contributed by atoms with Gasteiger partial charge in [0.05, 0.1) is 13.0 Å². The van der Waals surface area contributed by atoms with Crippen molar-refractivity contribution in [1.29, 1.82) is 0 Å². The van der Waals surface area contributed by atoms with Gasteiger partial charge in [-0.25, -0.2) is 4.98 Å². The third-order valence-electron chi connectivity index (χ3n) is 3.95. The van der Waals surface area contributed by atoms with E-state index in [1.807, 2.05) is 34.5 Å². The fourth-order valence-electron chi connectivity index (χ4n) is 2.78. The van der Waals surface area contributed by atoms with E-state index in [1.165, 1.54) is 11.3 Å². The first-order chi connectivity index (χ1) is 11.3. The average molecular weight is 329 g/mol. The topological polar surface area (TPSA) is 68.5 Å². The zero-order valence-corrected chi connectivity index (χ0v) is 13.2. The molecule has 0 bridgehead atoms. The number of thiazole rings is 1. The van der Waals surface area contributed by atoms with Gasteiger partial charge in [-0.1, -0.05) is 28.6 Å². The number of rotatable bonds is 4. The maximum Gasteiger partial charge on any atom is 0.273 e. The molecule has 1 saturated heterocycles. The van der Waals surface area contributed by atoms with Crippen LogP contribution in [0.5, 0.6) is 5.19 Å². The molecule has 0 radical (unpaired) electrons. The number of amides is 1. The Morgan fingerprint density at radius 3 is 3.22 bits per heavy atom. The molecule has 0 aliphatic carbocycles. The van der Waals surface area contributed by atoms with Crippen LogP contribution in [-0.2, 0) is 11.2 Å². The first-order valence-electron chi connectivity index (χ1n) is 7.47. The van der Waals surface area contributed by atoms with E-state index in [0.29, 0.717) is 29.6 Å². The monoisotopic (exact) mass is 329 g/mol. The number of ether oxygens (including phenoxy) is 1. The highest BCUT2D eigenvalue weighted by atomic mass is 32.1.